The molecular formula is C12H8Cl3N3O2. The number of carbonyl (C=O) groups is 1. The van der Waals surface area contributed by atoms with Gasteiger partial charge in [-0.3, -0.25) is 9.59 Å². The Labute approximate surface area is 128 Å². The maximum Gasteiger partial charge on any atom is 0.276 e. The Morgan fingerprint density at radius 3 is 2.25 bits per heavy atom. The number of anilines is 1. The lowest BCUT2D eigenvalue weighted by atomic mass is 10.1. The quantitative estimate of drug-likeness (QED) is 0.830. The molecule has 2 aromatic rings. The molecule has 0 bridgehead atoms. The molecule has 0 aliphatic carbocycles. The van der Waals surface area contributed by atoms with Gasteiger partial charge in [0.1, 0.15) is 0 Å². The number of hydrogen-bond donors (Lipinski definition) is 2. The SMILES string of the molecule is O=C(Nc1ccc(-c2ccc(=O)[nH]n2)cc1)C(Cl)(Cl)Cl. The molecule has 20 heavy (non-hydrogen) atoms. The molecule has 5 nitrogen and oxygen atoms in total. The third-order valence-corrected chi connectivity index (χ3v) is 2.89. The smallest absolute Gasteiger partial charge is 0.276 e. The number of aromatic amines is 1. The number of amides is 1. The van der Waals surface area contributed by atoms with Crippen LogP contribution in [0.5, 0.6) is 0 Å². The largest absolute Gasteiger partial charge is 0.322 e. The van der Waals surface area contributed by atoms with Crippen molar-refractivity contribution in [1.82, 2.24) is 10.2 Å². The van der Waals surface area contributed by atoms with E-state index in [2.05, 4.69) is 15.5 Å². The van der Waals surface area contributed by atoms with Crippen molar-refractivity contribution in [2.75, 3.05) is 5.32 Å². The fourth-order valence-electron chi connectivity index (χ4n) is 1.43. The summed E-state index contributed by atoms with van der Waals surface area (Å²) in [6.07, 6.45) is 0. The van der Waals surface area contributed by atoms with Crippen molar-refractivity contribution in [3.8, 4) is 11.3 Å². The van der Waals surface area contributed by atoms with Gasteiger partial charge in [0.05, 0.1) is 5.69 Å². The van der Waals surface area contributed by atoms with E-state index in [1.807, 2.05) is 0 Å². The molecule has 2 rings (SSSR count). The second-order valence-electron chi connectivity index (χ2n) is 3.84. The average Bonchev–Trinajstić information content (AvgIpc) is 2.39. The van der Waals surface area contributed by atoms with E-state index < -0.39 is 9.70 Å². The van der Waals surface area contributed by atoms with Crippen LogP contribution >= 0.6 is 34.8 Å². The standard InChI is InChI=1S/C12H8Cl3N3O2/c13-12(14,15)11(20)16-8-3-1-7(2-4-8)9-5-6-10(19)18-17-9/h1-6H,(H,16,20)(H,18,19). The Morgan fingerprint density at radius 1 is 1.10 bits per heavy atom. The number of aromatic nitrogens is 2. The van der Waals surface area contributed by atoms with Gasteiger partial charge in [0, 0.05) is 17.3 Å². The van der Waals surface area contributed by atoms with Crippen LogP contribution in [0.15, 0.2) is 41.2 Å². The summed E-state index contributed by atoms with van der Waals surface area (Å²) in [5.41, 5.74) is 1.58. The lowest BCUT2D eigenvalue weighted by molar-refractivity contribution is -0.115. The van der Waals surface area contributed by atoms with Gasteiger partial charge in [-0.05, 0) is 18.2 Å². The number of nitrogens with zero attached hydrogens (tertiary/aromatic N) is 1. The van der Waals surface area contributed by atoms with Gasteiger partial charge in [0.15, 0.2) is 0 Å². The second kappa shape index (κ2) is 5.83. The van der Waals surface area contributed by atoms with Gasteiger partial charge < -0.3 is 5.32 Å². The summed E-state index contributed by atoms with van der Waals surface area (Å²) in [4.78, 5) is 22.4. The summed E-state index contributed by atoms with van der Waals surface area (Å²) in [5, 5.41) is 8.68. The van der Waals surface area contributed by atoms with Gasteiger partial charge in [-0.25, -0.2) is 5.10 Å². The van der Waals surface area contributed by atoms with Crippen molar-refractivity contribution >= 4 is 46.4 Å². The first-order chi connectivity index (χ1) is 9.36. The second-order valence-corrected chi connectivity index (χ2v) is 6.12. The van der Waals surface area contributed by atoms with Crippen molar-refractivity contribution < 1.29 is 4.79 Å². The van der Waals surface area contributed by atoms with E-state index in [0.717, 1.165) is 5.56 Å². The number of nitrogens with one attached hydrogen (secondary N) is 2. The summed E-state index contributed by atoms with van der Waals surface area (Å²) < 4.78 is -2.01. The Hall–Kier alpha value is -1.56. The summed E-state index contributed by atoms with van der Waals surface area (Å²) >= 11 is 16.4. The van der Waals surface area contributed by atoms with E-state index in [0.29, 0.717) is 11.4 Å². The Bertz CT molecular complexity index is 657. The number of halogens is 3. The van der Waals surface area contributed by atoms with Crippen LogP contribution in [0.3, 0.4) is 0 Å². The van der Waals surface area contributed by atoms with E-state index in [-0.39, 0.29) is 5.56 Å². The molecule has 0 saturated carbocycles. The minimum absolute atomic E-state index is 0.277. The molecule has 0 aliphatic rings. The van der Waals surface area contributed by atoms with Gasteiger partial charge >= 0.3 is 0 Å². The number of rotatable bonds is 2. The van der Waals surface area contributed by atoms with Crippen LogP contribution in [0.4, 0.5) is 5.69 Å². The molecule has 0 fully saturated rings. The molecule has 2 N–H and O–H groups in total. The lowest BCUT2D eigenvalue weighted by Gasteiger charge is -2.11. The van der Waals surface area contributed by atoms with E-state index in [1.165, 1.54) is 6.07 Å². The fourth-order valence-corrected chi connectivity index (χ4v) is 1.57. The van der Waals surface area contributed by atoms with Gasteiger partial charge in [-0.1, -0.05) is 46.9 Å². The Kier molecular flexibility index (Phi) is 4.32. The van der Waals surface area contributed by atoms with Gasteiger partial charge in [-0.15, -0.1) is 0 Å². The first-order valence-electron chi connectivity index (χ1n) is 5.40. The van der Waals surface area contributed by atoms with E-state index >= 15 is 0 Å². The molecule has 104 valence electrons. The fraction of sp³-hybridized carbons (Fsp3) is 0.0833. The summed E-state index contributed by atoms with van der Waals surface area (Å²) in [5.74, 6) is -0.739. The lowest BCUT2D eigenvalue weighted by Crippen LogP contribution is -2.26. The van der Waals surface area contributed by atoms with Crippen LogP contribution in [0.2, 0.25) is 0 Å². The predicted molar refractivity (Wildman–Crippen MR) is 79.2 cm³/mol. The molecule has 0 spiro atoms. The van der Waals surface area contributed by atoms with Gasteiger partial charge in [0.2, 0.25) is 0 Å². The summed E-state index contributed by atoms with van der Waals surface area (Å²) in [7, 11) is 0. The van der Waals surface area contributed by atoms with Crippen molar-refractivity contribution in [3.05, 3.63) is 46.8 Å². The molecule has 1 aromatic heterocycles. The van der Waals surface area contributed by atoms with Crippen LogP contribution < -0.4 is 10.9 Å². The minimum atomic E-state index is -2.01. The molecule has 0 unspecified atom stereocenters. The summed E-state index contributed by atoms with van der Waals surface area (Å²) in [6, 6.07) is 9.67. The normalized spacial score (nSPS) is 11.2. The van der Waals surface area contributed by atoms with Crippen molar-refractivity contribution in [1.29, 1.82) is 0 Å². The number of hydrogen-bond acceptors (Lipinski definition) is 3. The molecule has 0 atom stereocenters. The molecule has 0 radical (unpaired) electrons. The molecule has 1 amide bonds. The van der Waals surface area contributed by atoms with E-state index in [1.54, 1.807) is 30.3 Å². The first-order valence-corrected chi connectivity index (χ1v) is 6.54. The third-order valence-electron chi connectivity index (χ3n) is 2.38. The molecule has 8 heteroatoms. The predicted octanol–water partition coefficient (Wildman–Crippen LogP) is 2.75. The molecule has 1 heterocycles. The van der Waals surface area contributed by atoms with Crippen LogP contribution in [0.25, 0.3) is 11.3 Å². The highest BCUT2D eigenvalue weighted by Crippen LogP contribution is 2.28. The maximum atomic E-state index is 11.5. The van der Waals surface area contributed by atoms with E-state index in [9.17, 15) is 9.59 Å². The number of H-pyrrole nitrogens is 1. The van der Waals surface area contributed by atoms with Gasteiger partial charge in [0.25, 0.3) is 15.3 Å². The monoisotopic (exact) mass is 331 g/mol. The van der Waals surface area contributed by atoms with E-state index in [4.69, 9.17) is 34.8 Å². The highest BCUT2D eigenvalue weighted by molar-refractivity contribution is 6.76. The third kappa shape index (κ3) is 3.72. The zero-order valence-electron chi connectivity index (χ0n) is 9.86. The summed E-state index contributed by atoms with van der Waals surface area (Å²) in [6.45, 7) is 0. The number of alkyl halides is 3. The highest BCUT2D eigenvalue weighted by atomic mass is 35.6. The van der Waals surface area contributed by atoms with Crippen LogP contribution in [-0.4, -0.2) is 19.9 Å². The zero-order chi connectivity index (χ0) is 14.8. The van der Waals surface area contributed by atoms with Crippen LogP contribution in [-0.2, 0) is 4.79 Å². The van der Waals surface area contributed by atoms with Gasteiger partial charge in [-0.2, -0.15) is 5.10 Å². The maximum absolute atomic E-state index is 11.5. The zero-order valence-corrected chi connectivity index (χ0v) is 12.1. The Balaban J connectivity index is 2.16. The molecule has 0 aliphatic heterocycles. The average molecular weight is 333 g/mol. The topological polar surface area (TPSA) is 74.8 Å². The van der Waals surface area contributed by atoms with Crippen molar-refractivity contribution in [3.63, 3.8) is 0 Å². The Morgan fingerprint density at radius 2 is 1.75 bits per heavy atom. The van der Waals surface area contributed by atoms with Crippen LogP contribution in [0, 0.1) is 0 Å². The van der Waals surface area contributed by atoms with Crippen LogP contribution in [0.1, 0.15) is 0 Å². The molecular weight excluding hydrogens is 325 g/mol. The highest BCUT2D eigenvalue weighted by Gasteiger charge is 2.30. The molecule has 0 saturated heterocycles. The first kappa shape index (κ1) is 14.8. The molecule has 1 aromatic carbocycles. The number of benzene rings is 1. The van der Waals surface area contributed by atoms with Crippen molar-refractivity contribution in [2.24, 2.45) is 0 Å². The number of carbonyl (C=O) groups excluding carboxylic acids is 1. The van der Waals surface area contributed by atoms with Crippen molar-refractivity contribution in [2.45, 2.75) is 3.79 Å². The minimum Gasteiger partial charge on any atom is -0.322 e.